The third kappa shape index (κ3) is 3.16. The van der Waals surface area contributed by atoms with E-state index in [1.807, 2.05) is 0 Å². The first-order valence-corrected chi connectivity index (χ1v) is 6.14. The lowest BCUT2D eigenvalue weighted by atomic mass is 10.0. The number of amides is 1. The molecule has 1 aromatic heterocycles. The molecule has 0 spiro atoms. The summed E-state index contributed by atoms with van der Waals surface area (Å²) in [5.74, 6) is -2.54. The van der Waals surface area contributed by atoms with Crippen LogP contribution in [0.3, 0.4) is 0 Å². The maximum absolute atomic E-state index is 12.1. The molecule has 0 aromatic carbocycles. The molecule has 1 aromatic rings. The van der Waals surface area contributed by atoms with Gasteiger partial charge in [0.15, 0.2) is 0 Å². The first kappa shape index (κ1) is 14.9. The summed E-state index contributed by atoms with van der Waals surface area (Å²) in [4.78, 5) is 34.3. The normalized spacial score (nSPS) is 21.2. The van der Waals surface area contributed by atoms with Gasteiger partial charge in [0.1, 0.15) is 12.5 Å². The second-order valence-corrected chi connectivity index (χ2v) is 4.68. The van der Waals surface area contributed by atoms with Gasteiger partial charge in [0.2, 0.25) is 5.91 Å². The monoisotopic (exact) mass is 298 g/mol. The number of carbonyl (C=O) groups excluding carboxylic acids is 1. The number of aromatic nitrogens is 2. The first-order valence-electron chi connectivity index (χ1n) is 6.14. The molecule has 10 heteroatoms. The number of carbonyl (C=O) groups is 2. The molecule has 114 valence electrons. The predicted molar refractivity (Wildman–Crippen MR) is 67.4 cm³/mol. The highest BCUT2D eigenvalue weighted by Crippen LogP contribution is 2.19. The standard InChI is InChI=1S/C11H14N4O6/c1-13(8-6-21-5-7(8)11(17)18)10(16)4-14-3-2-9(12-14)15(19)20/h2-3,7-8H,4-6H2,1H3,(H,17,18). The number of carboxylic acid groups (broad SMARTS) is 1. The lowest BCUT2D eigenvalue weighted by molar-refractivity contribution is -0.389. The number of nitro groups is 1. The van der Waals surface area contributed by atoms with Crippen LogP contribution in [-0.2, 0) is 20.9 Å². The van der Waals surface area contributed by atoms with E-state index in [2.05, 4.69) is 5.10 Å². The minimum absolute atomic E-state index is 0.0604. The summed E-state index contributed by atoms with van der Waals surface area (Å²) in [5, 5.41) is 23.2. The smallest absolute Gasteiger partial charge is 0.389 e. The van der Waals surface area contributed by atoms with Crippen LogP contribution < -0.4 is 0 Å². The topological polar surface area (TPSA) is 128 Å². The SMILES string of the molecule is CN(C(=O)Cn1ccc([N+](=O)[O-])n1)C1COCC1C(=O)O. The van der Waals surface area contributed by atoms with Crippen molar-refractivity contribution in [2.75, 3.05) is 20.3 Å². The lowest BCUT2D eigenvalue weighted by Gasteiger charge is -2.25. The Kier molecular flexibility index (Phi) is 4.17. The molecular weight excluding hydrogens is 284 g/mol. The van der Waals surface area contributed by atoms with Gasteiger partial charge in [-0.1, -0.05) is 0 Å². The fourth-order valence-electron chi connectivity index (χ4n) is 2.13. The number of aliphatic carboxylic acids is 1. The van der Waals surface area contributed by atoms with Crippen molar-refractivity contribution in [3.05, 3.63) is 22.4 Å². The highest BCUT2D eigenvalue weighted by Gasteiger charge is 2.38. The van der Waals surface area contributed by atoms with Crippen molar-refractivity contribution in [1.82, 2.24) is 14.7 Å². The Labute approximate surface area is 119 Å². The van der Waals surface area contributed by atoms with Crippen LogP contribution in [0, 0.1) is 16.0 Å². The first-order chi connectivity index (χ1) is 9.90. The molecule has 1 N–H and O–H groups in total. The van der Waals surface area contributed by atoms with E-state index in [1.165, 1.54) is 24.2 Å². The van der Waals surface area contributed by atoms with E-state index in [0.717, 1.165) is 4.68 Å². The Balaban J connectivity index is 2.01. The van der Waals surface area contributed by atoms with Gasteiger partial charge in [0.25, 0.3) is 0 Å². The molecule has 1 fully saturated rings. The number of hydrogen-bond donors (Lipinski definition) is 1. The maximum Gasteiger partial charge on any atom is 0.389 e. The van der Waals surface area contributed by atoms with E-state index < -0.39 is 28.8 Å². The van der Waals surface area contributed by atoms with Gasteiger partial charge in [-0.05, 0) is 4.92 Å². The van der Waals surface area contributed by atoms with Crippen molar-refractivity contribution in [2.24, 2.45) is 5.92 Å². The van der Waals surface area contributed by atoms with Crippen LogP contribution in [0.2, 0.25) is 0 Å². The molecule has 1 aliphatic rings. The fraction of sp³-hybridized carbons (Fsp3) is 0.545. The molecule has 1 aliphatic heterocycles. The number of nitrogens with zero attached hydrogens (tertiary/aromatic N) is 4. The van der Waals surface area contributed by atoms with Gasteiger partial charge in [0.05, 0.1) is 36.6 Å². The van der Waals surface area contributed by atoms with Gasteiger partial charge < -0.3 is 24.9 Å². The summed E-state index contributed by atoms with van der Waals surface area (Å²) in [5.41, 5.74) is 0. The van der Waals surface area contributed by atoms with Gasteiger partial charge in [-0.25, -0.2) is 0 Å². The second-order valence-electron chi connectivity index (χ2n) is 4.68. The molecule has 2 atom stereocenters. The van der Waals surface area contributed by atoms with Crippen LogP contribution in [0.25, 0.3) is 0 Å². The molecule has 0 saturated carbocycles. The maximum atomic E-state index is 12.1. The van der Waals surface area contributed by atoms with Crippen molar-refractivity contribution >= 4 is 17.7 Å². The largest absolute Gasteiger partial charge is 0.481 e. The molecule has 10 nitrogen and oxygen atoms in total. The zero-order chi connectivity index (χ0) is 15.6. The van der Waals surface area contributed by atoms with Crippen LogP contribution in [0.4, 0.5) is 5.82 Å². The van der Waals surface area contributed by atoms with Crippen LogP contribution >= 0.6 is 0 Å². The third-order valence-electron chi connectivity index (χ3n) is 3.37. The number of carboxylic acids is 1. The Morgan fingerprint density at radius 2 is 2.33 bits per heavy atom. The Morgan fingerprint density at radius 3 is 2.90 bits per heavy atom. The van der Waals surface area contributed by atoms with Crippen molar-refractivity contribution in [3.63, 3.8) is 0 Å². The molecule has 0 bridgehead atoms. The van der Waals surface area contributed by atoms with Gasteiger partial charge >= 0.3 is 11.8 Å². The quantitative estimate of drug-likeness (QED) is 0.565. The van der Waals surface area contributed by atoms with Crippen molar-refractivity contribution in [3.8, 4) is 0 Å². The molecule has 2 heterocycles. The molecule has 0 radical (unpaired) electrons. The zero-order valence-corrected chi connectivity index (χ0v) is 11.2. The van der Waals surface area contributed by atoms with Crippen LogP contribution in [0.15, 0.2) is 12.3 Å². The van der Waals surface area contributed by atoms with Gasteiger partial charge in [-0.15, -0.1) is 0 Å². The zero-order valence-electron chi connectivity index (χ0n) is 11.2. The van der Waals surface area contributed by atoms with Crippen molar-refractivity contribution < 1.29 is 24.4 Å². The number of rotatable bonds is 5. The van der Waals surface area contributed by atoms with Gasteiger partial charge in [-0.2, -0.15) is 4.68 Å². The minimum Gasteiger partial charge on any atom is -0.481 e. The molecule has 1 amide bonds. The van der Waals surface area contributed by atoms with Crippen LogP contribution in [-0.4, -0.2) is 62.9 Å². The van der Waals surface area contributed by atoms with Crippen LogP contribution in [0.1, 0.15) is 0 Å². The summed E-state index contributed by atoms with van der Waals surface area (Å²) < 4.78 is 6.24. The van der Waals surface area contributed by atoms with Crippen molar-refractivity contribution in [1.29, 1.82) is 0 Å². The average Bonchev–Trinajstić information content (AvgIpc) is 3.06. The average molecular weight is 298 g/mol. The highest BCUT2D eigenvalue weighted by molar-refractivity contribution is 5.78. The molecule has 2 rings (SSSR count). The van der Waals surface area contributed by atoms with Crippen molar-refractivity contribution in [2.45, 2.75) is 12.6 Å². The molecule has 21 heavy (non-hydrogen) atoms. The lowest BCUT2D eigenvalue weighted by Crippen LogP contribution is -2.45. The Bertz CT molecular complexity index is 571. The number of likely N-dealkylation sites (N-methyl/N-ethyl adjacent to an activating group) is 1. The Hall–Kier alpha value is -2.49. The minimum atomic E-state index is -1.02. The summed E-state index contributed by atoms with van der Waals surface area (Å²) in [6, 6.07) is 0.631. The molecule has 1 saturated heterocycles. The van der Waals surface area contributed by atoms with E-state index >= 15 is 0 Å². The molecule has 2 unspecified atom stereocenters. The van der Waals surface area contributed by atoms with Gasteiger partial charge in [-0.3, -0.25) is 9.59 Å². The summed E-state index contributed by atoms with van der Waals surface area (Å²) in [7, 11) is 1.48. The predicted octanol–water partition coefficient (Wildman–Crippen LogP) is -0.651. The van der Waals surface area contributed by atoms with E-state index in [1.54, 1.807) is 0 Å². The number of hydrogen-bond acceptors (Lipinski definition) is 6. The molecular formula is C11H14N4O6. The number of ether oxygens (including phenoxy) is 1. The van der Waals surface area contributed by atoms with E-state index in [0.29, 0.717) is 0 Å². The van der Waals surface area contributed by atoms with Gasteiger partial charge in [0, 0.05) is 7.05 Å². The summed E-state index contributed by atoms with van der Waals surface area (Å²) >= 11 is 0. The Morgan fingerprint density at radius 1 is 1.62 bits per heavy atom. The summed E-state index contributed by atoms with van der Waals surface area (Å²) in [6.07, 6.45) is 1.32. The third-order valence-corrected chi connectivity index (χ3v) is 3.37. The van der Waals surface area contributed by atoms with Crippen LogP contribution in [0.5, 0.6) is 0 Å². The van der Waals surface area contributed by atoms with E-state index in [4.69, 9.17) is 9.84 Å². The highest BCUT2D eigenvalue weighted by atomic mass is 16.6. The second kappa shape index (κ2) is 5.87. The summed E-state index contributed by atoms with van der Waals surface area (Å²) in [6.45, 7) is 0.0104. The van der Waals surface area contributed by atoms with E-state index in [9.17, 15) is 19.7 Å². The molecule has 0 aliphatic carbocycles. The van der Waals surface area contributed by atoms with E-state index in [-0.39, 0.29) is 25.6 Å². The fourth-order valence-corrected chi connectivity index (χ4v) is 2.13.